The van der Waals surface area contributed by atoms with Crippen molar-refractivity contribution in [1.82, 2.24) is 0 Å². The topological polar surface area (TPSA) is 72.2 Å². The van der Waals surface area contributed by atoms with Crippen LogP contribution in [0.1, 0.15) is 0 Å². The standard InChI is InChI=1S/C12H8BrCl2FN2O2S/c13-11-9(17)4-6(14)5-10(11)21(19,20)18-12-7(15)2-1-3-8(12)16/h1-5,18H,17H2. The molecule has 2 rings (SSSR count). The molecule has 2 aromatic rings. The molecule has 0 bridgehead atoms. The maximum atomic E-state index is 13.7. The van der Waals surface area contributed by atoms with Crippen LogP contribution in [0, 0.1) is 5.82 Å². The monoisotopic (exact) mass is 412 g/mol. The summed E-state index contributed by atoms with van der Waals surface area (Å²) in [6.07, 6.45) is 0. The lowest BCUT2D eigenvalue weighted by atomic mass is 10.3. The highest BCUT2D eigenvalue weighted by Crippen LogP contribution is 2.34. The highest BCUT2D eigenvalue weighted by Gasteiger charge is 2.22. The predicted molar refractivity (Wildman–Crippen MR) is 85.8 cm³/mol. The van der Waals surface area contributed by atoms with Crippen LogP contribution in [0.3, 0.4) is 0 Å². The second-order valence-corrected chi connectivity index (χ2v) is 7.30. The number of para-hydroxylation sites is 1. The maximum absolute atomic E-state index is 13.7. The summed E-state index contributed by atoms with van der Waals surface area (Å²) in [7, 11) is -4.12. The minimum atomic E-state index is -4.12. The lowest BCUT2D eigenvalue weighted by molar-refractivity contribution is 0.598. The Morgan fingerprint density at radius 1 is 1.24 bits per heavy atom. The van der Waals surface area contributed by atoms with Gasteiger partial charge < -0.3 is 5.73 Å². The lowest BCUT2D eigenvalue weighted by Crippen LogP contribution is -2.15. The van der Waals surface area contributed by atoms with E-state index in [-0.39, 0.29) is 30.8 Å². The second-order valence-electron chi connectivity index (χ2n) is 4.01. The summed E-state index contributed by atoms with van der Waals surface area (Å²) in [4.78, 5) is -0.216. The molecule has 2 aromatic carbocycles. The van der Waals surface area contributed by atoms with Crippen molar-refractivity contribution in [2.75, 3.05) is 10.5 Å². The first kappa shape index (κ1) is 16.4. The first-order valence-electron chi connectivity index (χ1n) is 5.43. The van der Waals surface area contributed by atoms with Crippen LogP contribution in [0.15, 0.2) is 39.7 Å². The lowest BCUT2D eigenvalue weighted by Gasteiger charge is -2.13. The van der Waals surface area contributed by atoms with Gasteiger partial charge >= 0.3 is 0 Å². The van der Waals surface area contributed by atoms with Gasteiger partial charge in [-0.1, -0.05) is 29.3 Å². The second kappa shape index (κ2) is 6.00. The number of nitrogens with two attached hydrogens (primary N) is 1. The van der Waals surface area contributed by atoms with Crippen molar-refractivity contribution in [3.63, 3.8) is 0 Å². The first-order chi connectivity index (χ1) is 9.72. The van der Waals surface area contributed by atoms with Crippen LogP contribution in [-0.4, -0.2) is 8.42 Å². The molecule has 0 radical (unpaired) electrons. The molecule has 3 N–H and O–H groups in total. The molecule has 21 heavy (non-hydrogen) atoms. The third-order valence-electron chi connectivity index (χ3n) is 2.52. The van der Waals surface area contributed by atoms with E-state index < -0.39 is 15.8 Å². The van der Waals surface area contributed by atoms with E-state index in [1.54, 1.807) is 0 Å². The summed E-state index contributed by atoms with van der Waals surface area (Å²) >= 11 is 14.7. The molecule has 0 fully saturated rings. The molecule has 0 aliphatic heterocycles. The highest BCUT2D eigenvalue weighted by molar-refractivity contribution is 9.10. The fourth-order valence-corrected chi connectivity index (χ4v) is 4.21. The third kappa shape index (κ3) is 3.42. The minimum absolute atomic E-state index is 0.0651. The van der Waals surface area contributed by atoms with Gasteiger partial charge in [0.2, 0.25) is 0 Å². The van der Waals surface area contributed by atoms with Crippen LogP contribution in [-0.2, 0) is 10.0 Å². The van der Waals surface area contributed by atoms with E-state index in [9.17, 15) is 12.8 Å². The van der Waals surface area contributed by atoms with Crippen molar-refractivity contribution < 1.29 is 12.8 Å². The number of sulfonamides is 1. The molecular weight excluding hydrogens is 406 g/mol. The van der Waals surface area contributed by atoms with Gasteiger partial charge in [0, 0.05) is 10.7 Å². The summed E-state index contributed by atoms with van der Waals surface area (Å²) in [6, 6.07) is 6.40. The number of nitrogen functional groups attached to an aromatic ring is 1. The van der Waals surface area contributed by atoms with Crippen molar-refractivity contribution in [3.05, 3.63) is 50.7 Å². The number of benzene rings is 2. The number of nitrogens with one attached hydrogen (secondary N) is 1. The van der Waals surface area contributed by atoms with E-state index in [0.29, 0.717) is 0 Å². The fourth-order valence-electron chi connectivity index (χ4n) is 1.56. The first-order valence-corrected chi connectivity index (χ1v) is 8.47. The Labute approximate surface area is 139 Å². The molecule has 0 atom stereocenters. The molecule has 0 saturated heterocycles. The highest BCUT2D eigenvalue weighted by atomic mass is 79.9. The van der Waals surface area contributed by atoms with Gasteiger partial charge in [0.15, 0.2) is 0 Å². The van der Waals surface area contributed by atoms with Gasteiger partial charge in [-0.3, -0.25) is 4.72 Å². The van der Waals surface area contributed by atoms with Gasteiger partial charge in [0.05, 0.1) is 9.50 Å². The van der Waals surface area contributed by atoms with E-state index in [1.165, 1.54) is 24.3 Å². The Morgan fingerprint density at radius 3 is 2.52 bits per heavy atom. The minimum Gasteiger partial charge on any atom is -0.398 e. The van der Waals surface area contributed by atoms with Gasteiger partial charge in [-0.2, -0.15) is 0 Å². The predicted octanol–water partition coefficient (Wildman–Crippen LogP) is 4.28. The normalized spacial score (nSPS) is 11.4. The number of rotatable bonds is 3. The summed E-state index contributed by atoms with van der Waals surface area (Å²) in [6.45, 7) is 0. The van der Waals surface area contributed by atoms with Crippen molar-refractivity contribution in [2.24, 2.45) is 0 Å². The smallest absolute Gasteiger partial charge is 0.263 e. The Hall–Kier alpha value is -1.02. The van der Waals surface area contributed by atoms with Crippen LogP contribution < -0.4 is 10.5 Å². The molecule has 0 amide bonds. The van der Waals surface area contributed by atoms with Gasteiger partial charge in [0.25, 0.3) is 10.0 Å². The Morgan fingerprint density at radius 2 is 1.90 bits per heavy atom. The van der Waals surface area contributed by atoms with E-state index >= 15 is 0 Å². The molecular formula is C12H8BrCl2FN2O2S. The SMILES string of the molecule is Nc1cc(Cl)cc(S(=O)(=O)Nc2c(F)cccc2Cl)c1Br. The van der Waals surface area contributed by atoms with Crippen molar-refractivity contribution in [2.45, 2.75) is 4.90 Å². The maximum Gasteiger partial charge on any atom is 0.263 e. The molecule has 0 spiro atoms. The van der Waals surface area contributed by atoms with Crippen molar-refractivity contribution in [3.8, 4) is 0 Å². The van der Waals surface area contributed by atoms with Crippen LogP contribution in [0.2, 0.25) is 10.0 Å². The Bertz CT molecular complexity index is 795. The molecule has 0 heterocycles. The quantitative estimate of drug-likeness (QED) is 0.737. The van der Waals surface area contributed by atoms with E-state index in [4.69, 9.17) is 28.9 Å². The molecule has 0 aliphatic rings. The number of hydrogen-bond donors (Lipinski definition) is 2. The molecule has 9 heteroatoms. The van der Waals surface area contributed by atoms with Crippen LogP contribution in [0.5, 0.6) is 0 Å². The zero-order valence-electron chi connectivity index (χ0n) is 10.2. The summed E-state index contributed by atoms with van der Waals surface area (Å²) in [5.41, 5.74) is 5.45. The molecule has 4 nitrogen and oxygen atoms in total. The summed E-state index contributed by atoms with van der Waals surface area (Å²) < 4.78 is 40.6. The van der Waals surface area contributed by atoms with Gasteiger partial charge in [-0.05, 0) is 40.2 Å². The molecule has 0 aromatic heterocycles. The van der Waals surface area contributed by atoms with Crippen molar-refractivity contribution in [1.29, 1.82) is 0 Å². The van der Waals surface area contributed by atoms with E-state index in [2.05, 4.69) is 20.7 Å². The Kier molecular flexibility index (Phi) is 4.67. The zero-order valence-corrected chi connectivity index (χ0v) is 14.1. The van der Waals surface area contributed by atoms with Crippen LogP contribution in [0.25, 0.3) is 0 Å². The molecule has 0 aliphatic carbocycles. The molecule has 0 saturated carbocycles. The number of anilines is 2. The molecule has 112 valence electrons. The van der Waals surface area contributed by atoms with E-state index in [1.807, 2.05) is 0 Å². The van der Waals surface area contributed by atoms with Gasteiger partial charge in [-0.25, -0.2) is 12.8 Å². The summed E-state index contributed by atoms with van der Waals surface area (Å²) in [5, 5.41) is 0.0698. The molecule has 0 unspecified atom stereocenters. The fraction of sp³-hybridized carbons (Fsp3) is 0. The number of hydrogen-bond acceptors (Lipinski definition) is 3. The Balaban J connectivity index is 2.54. The number of halogens is 4. The zero-order chi connectivity index (χ0) is 15.8. The van der Waals surface area contributed by atoms with Crippen molar-refractivity contribution >= 4 is 60.5 Å². The third-order valence-corrected chi connectivity index (χ3v) is 5.58. The average molecular weight is 414 g/mol. The van der Waals surface area contributed by atoms with Gasteiger partial charge in [-0.15, -0.1) is 0 Å². The summed E-state index contributed by atoms with van der Waals surface area (Å²) in [5.74, 6) is -0.794. The van der Waals surface area contributed by atoms with E-state index in [0.717, 1.165) is 6.07 Å². The van der Waals surface area contributed by atoms with Crippen LogP contribution >= 0.6 is 39.1 Å². The largest absolute Gasteiger partial charge is 0.398 e. The average Bonchev–Trinajstić information content (AvgIpc) is 2.38. The van der Waals surface area contributed by atoms with Gasteiger partial charge in [0.1, 0.15) is 16.4 Å². The van der Waals surface area contributed by atoms with Crippen LogP contribution in [0.4, 0.5) is 15.8 Å².